The monoisotopic (exact) mass is 350 g/mol. The van der Waals surface area contributed by atoms with Crippen molar-refractivity contribution in [3.8, 4) is 0 Å². The van der Waals surface area contributed by atoms with Gasteiger partial charge in [-0.25, -0.2) is 10.9 Å². The van der Waals surface area contributed by atoms with Crippen molar-refractivity contribution in [1.29, 1.82) is 0 Å². The van der Waals surface area contributed by atoms with Gasteiger partial charge in [0.1, 0.15) is 49.3 Å². The highest BCUT2D eigenvalue weighted by Crippen LogP contribution is 2.05. The van der Waals surface area contributed by atoms with E-state index in [0.717, 1.165) is 10.2 Å². The lowest BCUT2D eigenvalue weighted by Crippen LogP contribution is -2.70. The van der Waals surface area contributed by atoms with E-state index in [1.165, 1.54) is 0 Å². The van der Waals surface area contributed by atoms with Crippen LogP contribution in [0.1, 0.15) is 0 Å². The van der Waals surface area contributed by atoms with E-state index in [2.05, 4.69) is 10.9 Å². The largest absolute Gasteiger partial charge is 0.394 e. The summed E-state index contributed by atoms with van der Waals surface area (Å²) < 4.78 is 0. The van der Waals surface area contributed by atoms with E-state index in [1.807, 2.05) is 0 Å². The number of rotatable bonds is 15. The fraction of sp³-hybridized carbons (Fsp3) is 0.667. The molecule has 4 atom stereocenters. The third kappa shape index (κ3) is 6.46. The Labute approximate surface area is 137 Å². The van der Waals surface area contributed by atoms with Crippen LogP contribution in [0, 0.1) is 0 Å². The maximum absolute atomic E-state index is 11.1. The van der Waals surface area contributed by atoms with Gasteiger partial charge in [0.05, 0.1) is 26.4 Å². The van der Waals surface area contributed by atoms with Crippen LogP contribution in [0.2, 0.25) is 0 Å². The number of hydrogen-bond donors (Lipinski definition) is 6. The molecule has 0 fully saturated rings. The van der Waals surface area contributed by atoms with Gasteiger partial charge in [-0.15, -0.1) is 10.2 Å². The van der Waals surface area contributed by atoms with Gasteiger partial charge in [-0.2, -0.15) is 0 Å². The number of carbonyl (C=O) groups excluding carboxylic acids is 4. The number of aldehydes is 4. The molecular weight excluding hydrogens is 328 g/mol. The molecule has 24 heavy (non-hydrogen) atoms. The van der Waals surface area contributed by atoms with Crippen LogP contribution in [0.5, 0.6) is 0 Å². The van der Waals surface area contributed by atoms with E-state index in [9.17, 15) is 29.4 Å². The molecular formula is C12H22N4O8. The Bertz CT molecular complexity index is 363. The lowest BCUT2D eigenvalue weighted by Gasteiger charge is -2.41. The summed E-state index contributed by atoms with van der Waals surface area (Å²) in [6, 6.07) is -5.10. The Balaban J connectivity index is 5.72. The normalized spacial score (nSPS) is 16.4. The van der Waals surface area contributed by atoms with Gasteiger partial charge >= 0.3 is 0 Å². The van der Waals surface area contributed by atoms with Crippen molar-refractivity contribution >= 4 is 25.1 Å². The van der Waals surface area contributed by atoms with Crippen LogP contribution in [0.25, 0.3) is 0 Å². The summed E-state index contributed by atoms with van der Waals surface area (Å²) >= 11 is 0. The third-order valence-corrected chi connectivity index (χ3v) is 2.87. The Morgan fingerprint density at radius 3 is 1.12 bits per heavy atom. The molecule has 138 valence electrons. The molecule has 0 saturated heterocycles. The molecule has 0 heterocycles. The molecule has 0 aromatic rings. The van der Waals surface area contributed by atoms with Crippen LogP contribution in [0.3, 0.4) is 0 Å². The van der Waals surface area contributed by atoms with E-state index in [4.69, 9.17) is 10.2 Å². The second-order valence-electron chi connectivity index (χ2n) is 4.57. The van der Waals surface area contributed by atoms with Crippen LogP contribution >= 0.6 is 0 Å². The fourth-order valence-electron chi connectivity index (χ4n) is 1.56. The average molecular weight is 350 g/mol. The predicted octanol–water partition coefficient (Wildman–Crippen LogP) is -5.25. The summed E-state index contributed by atoms with van der Waals surface area (Å²) in [6.07, 6.45) is 1.16. The highest BCUT2D eigenvalue weighted by atomic mass is 16.3. The zero-order chi connectivity index (χ0) is 18.5. The Hall–Kier alpha value is -1.64. The first-order valence-electron chi connectivity index (χ1n) is 6.92. The van der Waals surface area contributed by atoms with Gasteiger partial charge in [0, 0.05) is 0 Å². The molecule has 0 rings (SSSR count). The van der Waals surface area contributed by atoms with Gasteiger partial charge in [-0.05, 0) is 0 Å². The first kappa shape index (κ1) is 22.4. The number of carbonyl (C=O) groups is 4. The summed E-state index contributed by atoms with van der Waals surface area (Å²) in [6.45, 7) is -2.86. The molecule has 0 bridgehead atoms. The Morgan fingerprint density at radius 1 is 0.625 bits per heavy atom. The lowest BCUT2D eigenvalue weighted by atomic mass is 10.3. The maximum atomic E-state index is 11.1. The van der Waals surface area contributed by atoms with Gasteiger partial charge < -0.3 is 39.6 Å². The standard InChI is InChI=1S/C12H22N4O8/c17-1-9(2-18)13-15(11(5-21)6-22)16(12(7-23)8-24)14-10(3-19)4-20/h1,3,5,7,9-14,18,20,22,24H,2,4,6,8H2/t9-,10-,11-,12-/m1/s1. The third-order valence-electron chi connectivity index (χ3n) is 2.87. The Kier molecular flexibility index (Phi) is 11.9. The number of aliphatic hydroxyl groups excluding tert-OH is 4. The molecule has 0 saturated carbocycles. The number of hydrogen-bond acceptors (Lipinski definition) is 12. The highest BCUT2D eigenvalue weighted by Gasteiger charge is 2.32. The highest BCUT2D eigenvalue weighted by molar-refractivity contribution is 5.61. The SMILES string of the molecule is O=C[C@H](CO)NN([C@H](C=O)CO)N(N[C@H](C=O)CO)[C@H](C=O)CO. The summed E-state index contributed by atoms with van der Waals surface area (Å²) in [5, 5.41) is 38.3. The van der Waals surface area contributed by atoms with Crippen LogP contribution in [-0.2, 0) is 19.2 Å². The summed E-state index contributed by atoms with van der Waals surface area (Å²) in [7, 11) is 0. The first-order valence-corrected chi connectivity index (χ1v) is 6.92. The number of hydrazine groups is 3. The van der Waals surface area contributed by atoms with E-state index in [0.29, 0.717) is 12.6 Å². The quantitative estimate of drug-likeness (QED) is 0.122. The average Bonchev–Trinajstić information content (AvgIpc) is 2.62. The number of nitrogens with zero attached hydrogens (tertiary/aromatic N) is 2. The smallest absolute Gasteiger partial charge is 0.142 e. The molecule has 0 aliphatic rings. The van der Waals surface area contributed by atoms with Crippen molar-refractivity contribution in [2.75, 3.05) is 26.4 Å². The Morgan fingerprint density at radius 2 is 0.958 bits per heavy atom. The van der Waals surface area contributed by atoms with Crippen molar-refractivity contribution in [2.24, 2.45) is 0 Å². The van der Waals surface area contributed by atoms with E-state index >= 15 is 0 Å². The van der Waals surface area contributed by atoms with E-state index < -0.39 is 50.6 Å². The number of aliphatic hydroxyl groups is 4. The summed E-state index contributed by atoms with van der Waals surface area (Å²) in [5.74, 6) is 0. The second-order valence-corrected chi connectivity index (χ2v) is 4.57. The second kappa shape index (κ2) is 12.7. The minimum absolute atomic E-state index is 0.273. The van der Waals surface area contributed by atoms with Crippen molar-refractivity contribution < 1.29 is 39.6 Å². The molecule has 0 amide bonds. The van der Waals surface area contributed by atoms with Crippen LogP contribution in [0.15, 0.2) is 0 Å². The van der Waals surface area contributed by atoms with Crippen LogP contribution in [0.4, 0.5) is 0 Å². The molecule has 0 aromatic carbocycles. The van der Waals surface area contributed by atoms with Gasteiger partial charge in [0.25, 0.3) is 0 Å². The molecule has 0 aliphatic carbocycles. The minimum atomic E-state index is -1.34. The van der Waals surface area contributed by atoms with Gasteiger partial charge in [-0.3, -0.25) is 0 Å². The van der Waals surface area contributed by atoms with E-state index in [-0.39, 0.29) is 12.6 Å². The molecule has 0 spiro atoms. The first-order chi connectivity index (χ1) is 11.6. The molecule has 0 aliphatic heterocycles. The van der Waals surface area contributed by atoms with Gasteiger partial charge in [0.2, 0.25) is 0 Å². The van der Waals surface area contributed by atoms with Gasteiger partial charge in [-0.1, -0.05) is 0 Å². The summed E-state index contributed by atoms with van der Waals surface area (Å²) in [4.78, 5) is 44.1. The molecule has 6 N–H and O–H groups in total. The molecule has 12 heteroatoms. The van der Waals surface area contributed by atoms with Crippen molar-refractivity contribution in [1.82, 2.24) is 21.1 Å². The molecule has 0 aromatic heterocycles. The van der Waals surface area contributed by atoms with Crippen molar-refractivity contribution in [3.05, 3.63) is 0 Å². The molecule has 12 nitrogen and oxygen atoms in total. The molecule has 0 radical (unpaired) electrons. The van der Waals surface area contributed by atoms with Crippen molar-refractivity contribution in [3.63, 3.8) is 0 Å². The zero-order valence-corrected chi connectivity index (χ0v) is 12.8. The minimum Gasteiger partial charge on any atom is -0.394 e. The summed E-state index contributed by atoms with van der Waals surface area (Å²) in [5.41, 5.74) is 4.76. The van der Waals surface area contributed by atoms with Crippen LogP contribution in [-0.4, -0.2) is 106 Å². The van der Waals surface area contributed by atoms with E-state index in [1.54, 1.807) is 0 Å². The molecule has 0 unspecified atom stereocenters. The predicted molar refractivity (Wildman–Crippen MR) is 77.7 cm³/mol. The lowest BCUT2D eigenvalue weighted by molar-refractivity contribution is -0.190. The topological polar surface area (TPSA) is 180 Å². The van der Waals surface area contributed by atoms with Crippen molar-refractivity contribution in [2.45, 2.75) is 24.2 Å². The fourth-order valence-corrected chi connectivity index (χ4v) is 1.56. The van der Waals surface area contributed by atoms with Gasteiger partial charge in [0.15, 0.2) is 0 Å². The van der Waals surface area contributed by atoms with Crippen LogP contribution < -0.4 is 10.9 Å². The number of nitrogens with one attached hydrogen (secondary N) is 2. The maximum Gasteiger partial charge on any atom is 0.142 e. The zero-order valence-electron chi connectivity index (χ0n) is 12.8.